The Morgan fingerprint density at radius 3 is 2.08 bits per heavy atom. The topological polar surface area (TPSA) is 63.8 Å². The normalized spacial score (nSPS) is 19.9. The molecule has 0 radical (unpaired) electrons. The van der Waals surface area contributed by atoms with E-state index >= 15 is 0 Å². The van der Waals surface area contributed by atoms with Gasteiger partial charge in [0.05, 0.1) is 6.04 Å². The highest BCUT2D eigenvalue weighted by molar-refractivity contribution is 5.96. The fraction of sp³-hybridized carbons (Fsp3) is 0.632. The highest BCUT2D eigenvalue weighted by Gasteiger charge is 2.28. The number of amides is 1. The number of rotatable bonds is 3. The minimum Gasteiger partial charge on any atom is -0.412 e. The summed E-state index contributed by atoms with van der Waals surface area (Å²) < 4.78 is 0. The molecule has 5 heteroatoms. The summed E-state index contributed by atoms with van der Waals surface area (Å²) in [7, 11) is 0. The zero-order chi connectivity index (χ0) is 15.1. The van der Waals surface area contributed by atoms with E-state index in [2.05, 4.69) is 23.2 Å². The molecule has 1 aromatic carbocycles. The molecule has 1 aromatic rings. The minimum absolute atomic E-state index is 0. The van der Waals surface area contributed by atoms with Crippen molar-refractivity contribution in [3.8, 4) is 0 Å². The van der Waals surface area contributed by atoms with Gasteiger partial charge in [0.15, 0.2) is 0 Å². The van der Waals surface area contributed by atoms with Gasteiger partial charge in [-0.2, -0.15) is 0 Å². The van der Waals surface area contributed by atoms with Crippen LogP contribution in [0.3, 0.4) is 0 Å². The van der Waals surface area contributed by atoms with Crippen molar-refractivity contribution >= 4 is 24.0 Å². The number of likely N-dealkylation sites (tertiary alicyclic amines) is 1. The maximum absolute atomic E-state index is 12.7. The molecule has 2 aliphatic carbocycles. The molecule has 134 valence electrons. The molecule has 1 amide bonds. The van der Waals surface area contributed by atoms with Gasteiger partial charge in [0.1, 0.15) is 0 Å². The Balaban J connectivity index is 0.00000104. The highest BCUT2D eigenvalue weighted by Crippen LogP contribution is 2.38. The molecule has 1 heterocycles. The summed E-state index contributed by atoms with van der Waals surface area (Å²) in [6.07, 6.45) is 9.58. The summed E-state index contributed by atoms with van der Waals surface area (Å²) in [6, 6.07) is 2.42. The molecule has 0 spiro atoms. The first-order valence-corrected chi connectivity index (χ1v) is 8.95. The molecule has 3 N–H and O–H groups in total. The van der Waals surface area contributed by atoms with Gasteiger partial charge in [-0.1, -0.05) is 6.07 Å². The number of aryl methyl sites for hydroxylation is 2. The summed E-state index contributed by atoms with van der Waals surface area (Å²) in [5, 5.41) is 3.34. The number of hydrogen-bond donors (Lipinski definition) is 1. The quantitative estimate of drug-likeness (QED) is 0.908. The standard InChI is InChI=1S/C19H26N2O.ClH.H2O/c1-13(21-10-2-3-11-21)19(22)20-18-16-8-4-6-14(16)12-15-7-5-9-17(15)18;;/h12-13H,2-11H2,1H3,(H,20,22);1H;1H2. The van der Waals surface area contributed by atoms with Crippen LogP contribution in [0, 0.1) is 0 Å². The second-order valence-corrected chi connectivity index (χ2v) is 7.14. The van der Waals surface area contributed by atoms with Gasteiger partial charge in [-0.15, -0.1) is 12.4 Å². The number of benzene rings is 1. The second kappa shape index (κ2) is 7.85. The summed E-state index contributed by atoms with van der Waals surface area (Å²) in [4.78, 5) is 15.1. The van der Waals surface area contributed by atoms with Crippen LogP contribution in [0.1, 0.15) is 54.9 Å². The van der Waals surface area contributed by atoms with Gasteiger partial charge in [0.2, 0.25) is 5.91 Å². The van der Waals surface area contributed by atoms with Crippen LogP contribution in [-0.4, -0.2) is 35.4 Å². The van der Waals surface area contributed by atoms with Crippen molar-refractivity contribution in [2.75, 3.05) is 18.4 Å². The van der Waals surface area contributed by atoms with E-state index in [1.165, 1.54) is 66.5 Å². The molecule has 4 nitrogen and oxygen atoms in total. The van der Waals surface area contributed by atoms with Gasteiger partial charge < -0.3 is 10.8 Å². The van der Waals surface area contributed by atoms with Crippen LogP contribution < -0.4 is 5.32 Å². The van der Waals surface area contributed by atoms with Crippen LogP contribution in [0.25, 0.3) is 0 Å². The van der Waals surface area contributed by atoms with Crippen molar-refractivity contribution in [3.05, 3.63) is 28.3 Å². The monoisotopic (exact) mass is 352 g/mol. The van der Waals surface area contributed by atoms with Crippen molar-refractivity contribution in [2.24, 2.45) is 0 Å². The van der Waals surface area contributed by atoms with E-state index in [4.69, 9.17) is 0 Å². The smallest absolute Gasteiger partial charge is 0.241 e. The molecule has 3 aliphatic rings. The summed E-state index contributed by atoms with van der Waals surface area (Å²) in [5.74, 6) is 0.191. The number of carbonyl (C=O) groups is 1. The Labute approximate surface area is 150 Å². The van der Waals surface area contributed by atoms with Crippen molar-refractivity contribution in [1.82, 2.24) is 4.90 Å². The molecule has 1 unspecified atom stereocenters. The predicted octanol–water partition coefficient (Wildman–Crippen LogP) is 2.68. The number of nitrogens with one attached hydrogen (secondary N) is 1. The van der Waals surface area contributed by atoms with Crippen LogP contribution in [0.2, 0.25) is 0 Å². The lowest BCUT2D eigenvalue weighted by molar-refractivity contribution is -0.120. The fourth-order valence-corrected chi connectivity index (χ4v) is 4.49. The van der Waals surface area contributed by atoms with Gasteiger partial charge in [-0.05, 0) is 93.6 Å². The average molecular weight is 353 g/mol. The van der Waals surface area contributed by atoms with E-state index < -0.39 is 0 Å². The molecule has 24 heavy (non-hydrogen) atoms. The van der Waals surface area contributed by atoms with Crippen molar-refractivity contribution < 1.29 is 10.3 Å². The first kappa shape index (κ1) is 19.2. The fourth-order valence-electron chi connectivity index (χ4n) is 4.49. The number of fused-ring (bicyclic) bond motifs is 2. The number of hydrogen-bond acceptors (Lipinski definition) is 2. The minimum atomic E-state index is -0.00295. The molecule has 1 saturated heterocycles. The first-order chi connectivity index (χ1) is 10.7. The Morgan fingerprint density at radius 1 is 1.00 bits per heavy atom. The lowest BCUT2D eigenvalue weighted by atomic mass is 9.98. The van der Waals surface area contributed by atoms with Crippen LogP contribution in [0.5, 0.6) is 0 Å². The SMILES string of the molecule is CC(C(=O)Nc1c2c(cc3c1CCC3)CCC2)N1CCCC1.Cl.O. The number of halogens is 1. The maximum atomic E-state index is 12.7. The zero-order valence-electron chi connectivity index (χ0n) is 14.5. The van der Waals surface area contributed by atoms with Crippen molar-refractivity contribution in [3.63, 3.8) is 0 Å². The third-order valence-corrected chi connectivity index (χ3v) is 5.79. The molecule has 0 bridgehead atoms. The summed E-state index contributed by atoms with van der Waals surface area (Å²) >= 11 is 0. The number of anilines is 1. The Bertz CT molecular complexity index is 580. The third-order valence-electron chi connectivity index (χ3n) is 5.79. The molecular formula is C19H29ClN2O2. The van der Waals surface area contributed by atoms with E-state index in [0.717, 1.165) is 25.9 Å². The van der Waals surface area contributed by atoms with Crippen LogP contribution in [0.4, 0.5) is 5.69 Å². The molecule has 4 rings (SSSR count). The van der Waals surface area contributed by atoms with E-state index in [-0.39, 0.29) is 29.8 Å². The molecule has 0 saturated carbocycles. The van der Waals surface area contributed by atoms with Gasteiger partial charge >= 0.3 is 0 Å². The van der Waals surface area contributed by atoms with Crippen LogP contribution in [0.15, 0.2) is 6.07 Å². The molecule has 1 aliphatic heterocycles. The molecule has 0 aromatic heterocycles. The van der Waals surface area contributed by atoms with E-state index in [1.54, 1.807) is 0 Å². The molecule has 1 fully saturated rings. The lowest BCUT2D eigenvalue weighted by Gasteiger charge is -2.24. The number of carbonyl (C=O) groups excluding carboxylic acids is 1. The van der Waals surface area contributed by atoms with Crippen molar-refractivity contribution in [2.45, 2.75) is 64.3 Å². The van der Waals surface area contributed by atoms with E-state index in [1.807, 2.05) is 0 Å². The Morgan fingerprint density at radius 2 is 1.54 bits per heavy atom. The lowest BCUT2D eigenvalue weighted by Crippen LogP contribution is -2.40. The van der Waals surface area contributed by atoms with E-state index in [9.17, 15) is 4.79 Å². The molecular weight excluding hydrogens is 324 g/mol. The van der Waals surface area contributed by atoms with Gasteiger partial charge in [0.25, 0.3) is 0 Å². The van der Waals surface area contributed by atoms with Gasteiger partial charge in [-0.25, -0.2) is 0 Å². The zero-order valence-corrected chi connectivity index (χ0v) is 15.3. The second-order valence-electron chi connectivity index (χ2n) is 7.14. The Kier molecular flexibility index (Phi) is 6.29. The maximum Gasteiger partial charge on any atom is 0.241 e. The van der Waals surface area contributed by atoms with E-state index in [0.29, 0.717) is 0 Å². The number of nitrogens with zero attached hydrogens (tertiary/aromatic N) is 1. The average Bonchev–Trinajstić information content (AvgIpc) is 3.26. The molecule has 1 atom stereocenters. The van der Waals surface area contributed by atoms with Crippen LogP contribution >= 0.6 is 12.4 Å². The summed E-state index contributed by atoms with van der Waals surface area (Å²) in [5.41, 5.74) is 7.04. The highest BCUT2D eigenvalue weighted by atomic mass is 35.5. The first-order valence-electron chi connectivity index (χ1n) is 8.95. The van der Waals surface area contributed by atoms with Gasteiger partial charge in [0, 0.05) is 5.69 Å². The van der Waals surface area contributed by atoms with Crippen molar-refractivity contribution in [1.29, 1.82) is 0 Å². The third kappa shape index (κ3) is 3.32. The Hall–Kier alpha value is -1.10. The summed E-state index contributed by atoms with van der Waals surface area (Å²) in [6.45, 7) is 4.20. The largest absolute Gasteiger partial charge is 0.412 e. The predicted molar refractivity (Wildman–Crippen MR) is 100 cm³/mol. The van der Waals surface area contributed by atoms with Crippen LogP contribution in [-0.2, 0) is 30.5 Å². The van der Waals surface area contributed by atoms with Gasteiger partial charge in [-0.3, -0.25) is 9.69 Å².